The molecule has 1 aliphatic rings. The van der Waals surface area contributed by atoms with Gasteiger partial charge in [0.15, 0.2) is 0 Å². The minimum absolute atomic E-state index is 0.0253. The zero-order valence-corrected chi connectivity index (χ0v) is 10.9. The summed E-state index contributed by atoms with van der Waals surface area (Å²) < 4.78 is 28.2. The fourth-order valence-electron chi connectivity index (χ4n) is 2.28. The molecule has 0 bridgehead atoms. The smallest absolute Gasteiger partial charge is 0.387 e. The summed E-state index contributed by atoms with van der Waals surface area (Å²) in [5.74, 6) is -0.215. The normalized spacial score (nSPS) is 22.6. The third-order valence-electron chi connectivity index (χ3n) is 3.37. The maximum absolute atomic E-state index is 12.0. The van der Waals surface area contributed by atoms with E-state index in [4.69, 9.17) is 0 Å². The standard InChI is InChI=1S/C14H17F2NO3/c15-14(16)20-12-7-1-9(2-8-12)13(19)17-10-3-5-11(18)6-4-10/h1-2,7-8,10-11,14,18H,3-6H2,(H,17,19). The Morgan fingerprint density at radius 1 is 1.20 bits per heavy atom. The summed E-state index contributed by atoms with van der Waals surface area (Å²) in [5, 5.41) is 12.3. The highest BCUT2D eigenvalue weighted by Gasteiger charge is 2.21. The van der Waals surface area contributed by atoms with Gasteiger partial charge in [-0.05, 0) is 49.9 Å². The summed E-state index contributed by atoms with van der Waals surface area (Å²) in [6.45, 7) is -2.87. The summed E-state index contributed by atoms with van der Waals surface area (Å²) in [4.78, 5) is 12.0. The average Bonchev–Trinajstić information content (AvgIpc) is 2.41. The van der Waals surface area contributed by atoms with Crippen LogP contribution in [0.5, 0.6) is 5.75 Å². The number of halogens is 2. The quantitative estimate of drug-likeness (QED) is 0.892. The number of alkyl halides is 2. The van der Waals surface area contributed by atoms with Gasteiger partial charge in [0.25, 0.3) is 5.91 Å². The molecule has 0 saturated heterocycles. The summed E-state index contributed by atoms with van der Waals surface area (Å²) >= 11 is 0. The predicted octanol–water partition coefficient (Wildman–Crippen LogP) is 2.32. The van der Waals surface area contributed by atoms with Crippen LogP contribution in [-0.4, -0.2) is 29.8 Å². The lowest BCUT2D eigenvalue weighted by atomic mass is 9.93. The number of rotatable bonds is 4. The van der Waals surface area contributed by atoms with E-state index in [-0.39, 0.29) is 23.8 Å². The van der Waals surface area contributed by atoms with Crippen LogP contribution in [0.1, 0.15) is 36.0 Å². The number of hydrogen-bond donors (Lipinski definition) is 2. The molecule has 0 atom stereocenters. The number of hydrogen-bond acceptors (Lipinski definition) is 3. The van der Waals surface area contributed by atoms with Crippen LogP contribution in [0.3, 0.4) is 0 Å². The molecule has 0 unspecified atom stereocenters. The van der Waals surface area contributed by atoms with Crippen molar-refractivity contribution in [2.24, 2.45) is 0 Å². The van der Waals surface area contributed by atoms with Crippen LogP contribution in [0.4, 0.5) is 8.78 Å². The van der Waals surface area contributed by atoms with Gasteiger partial charge < -0.3 is 15.2 Å². The van der Waals surface area contributed by atoms with E-state index in [1.165, 1.54) is 24.3 Å². The van der Waals surface area contributed by atoms with Crippen molar-refractivity contribution < 1.29 is 23.4 Å². The van der Waals surface area contributed by atoms with Crippen molar-refractivity contribution >= 4 is 5.91 Å². The monoisotopic (exact) mass is 285 g/mol. The van der Waals surface area contributed by atoms with E-state index in [0.29, 0.717) is 18.4 Å². The Hall–Kier alpha value is -1.69. The van der Waals surface area contributed by atoms with Crippen molar-refractivity contribution in [1.29, 1.82) is 0 Å². The number of carbonyl (C=O) groups excluding carboxylic acids is 1. The Labute approximate surface area is 115 Å². The Bertz CT molecular complexity index is 442. The van der Waals surface area contributed by atoms with Crippen molar-refractivity contribution in [2.45, 2.75) is 44.4 Å². The molecule has 1 amide bonds. The van der Waals surface area contributed by atoms with Gasteiger partial charge in [0.2, 0.25) is 0 Å². The first kappa shape index (κ1) is 14.7. The number of benzene rings is 1. The second-order valence-electron chi connectivity index (χ2n) is 4.88. The highest BCUT2D eigenvalue weighted by Crippen LogP contribution is 2.19. The van der Waals surface area contributed by atoms with Crippen LogP contribution in [0.15, 0.2) is 24.3 Å². The number of amides is 1. The molecule has 0 spiro atoms. The van der Waals surface area contributed by atoms with Crippen LogP contribution in [-0.2, 0) is 0 Å². The molecule has 2 rings (SSSR count). The third kappa shape index (κ3) is 4.16. The molecule has 6 heteroatoms. The summed E-state index contributed by atoms with van der Waals surface area (Å²) in [6.07, 6.45) is 2.60. The molecule has 20 heavy (non-hydrogen) atoms. The van der Waals surface area contributed by atoms with Crippen molar-refractivity contribution in [2.75, 3.05) is 0 Å². The molecule has 1 fully saturated rings. The van der Waals surface area contributed by atoms with Crippen LogP contribution in [0, 0.1) is 0 Å². The van der Waals surface area contributed by atoms with Gasteiger partial charge in [-0.25, -0.2) is 0 Å². The lowest BCUT2D eigenvalue weighted by molar-refractivity contribution is -0.0498. The van der Waals surface area contributed by atoms with E-state index in [0.717, 1.165) is 12.8 Å². The molecule has 0 radical (unpaired) electrons. The van der Waals surface area contributed by atoms with E-state index in [9.17, 15) is 18.7 Å². The summed E-state index contributed by atoms with van der Waals surface area (Å²) in [6, 6.07) is 5.63. The molecule has 1 aliphatic carbocycles. The Kier molecular flexibility index (Phi) is 4.89. The number of carbonyl (C=O) groups is 1. The molecule has 1 saturated carbocycles. The molecule has 1 aromatic carbocycles. The molecular formula is C14H17F2NO3. The van der Waals surface area contributed by atoms with Crippen LogP contribution >= 0.6 is 0 Å². The van der Waals surface area contributed by atoms with Crippen molar-refractivity contribution in [3.8, 4) is 5.75 Å². The molecule has 110 valence electrons. The second kappa shape index (κ2) is 6.65. The fourth-order valence-corrected chi connectivity index (χ4v) is 2.28. The van der Waals surface area contributed by atoms with E-state index < -0.39 is 6.61 Å². The van der Waals surface area contributed by atoms with Gasteiger partial charge >= 0.3 is 6.61 Å². The zero-order chi connectivity index (χ0) is 14.5. The third-order valence-corrected chi connectivity index (χ3v) is 3.37. The Balaban J connectivity index is 1.89. The van der Waals surface area contributed by atoms with Crippen LogP contribution < -0.4 is 10.1 Å². The zero-order valence-electron chi connectivity index (χ0n) is 10.9. The minimum atomic E-state index is -2.87. The molecule has 0 aliphatic heterocycles. The highest BCUT2D eigenvalue weighted by atomic mass is 19.3. The molecule has 4 nitrogen and oxygen atoms in total. The van der Waals surface area contributed by atoms with Gasteiger partial charge in [-0.15, -0.1) is 0 Å². The van der Waals surface area contributed by atoms with Crippen molar-refractivity contribution in [3.63, 3.8) is 0 Å². The van der Waals surface area contributed by atoms with Gasteiger partial charge in [-0.2, -0.15) is 8.78 Å². The van der Waals surface area contributed by atoms with Gasteiger partial charge in [0.1, 0.15) is 5.75 Å². The lowest BCUT2D eigenvalue weighted by Gasteiger charge is -2.26. The highest BCUT2D eigenvalue weighted by molar-refractivity contribution is 5.94. The predicted molar refractivity (Wildman–Crippen MR) is 68.8 cm³/mol. The minimum Gasteiger partial charge on any atom is -0.435 e. The summed E-state index contributed by atoms with van der Waals surface area (Å²) in [5.41, 5.74) is 0.401. The van der Waals surface area contributed by atoms with Crippen molar-refractivity contribution in [1.82, 2.24) is 5.32 Å². The molecule has 1 aromatic rings. The van der Waals surface area contributed by atoms with Gasteiger partial charge in [0, 0.05) is 11.6 Å². The van der Waals surface area contributed by atoms with Crippen LogP contribution in [0.25, 0.3) is 0 Å². The Morgan fingerprint density at radius 2 is 1.80 bits per heavy atom. The fraction of sp³-hybridized carbons (Fsp3) is 0.500. The first-order valence-electron chi connectivity index (χ1n) is 6.58. The van der Waals surface area contributed by atoms with Gasteiger partial charge in [-0.3, -0.25) is 4.79 Å². The number of aliphatic hydroxyl groups excluding tert-OH is 1. The number of nitrogens with one attached hydrogen (secondary N) is 1. The second-order valence-corrected chi connectivity index (χ2v) is 4.88. The SMILES string of the molecule is O=C(NC1CCC(O)CC1)c1ccc(OC(F)F)cc1. The van der Waals surface area contributed by atoms with E-state index in [1.807, 2.05) is 0 Å². The Morgan fingerprint density at radius 3 is 2.35 bits per heavy atom. The largest absolute Gasteiger partial charge is 0.435 e. The first-order chi connectivity index (χ1) is 9.54. The van der Waals surface area contributed by atoms with Crippen molar-refractivity contribution in [3.05, 3.63) is 29.8 Å². The molecule has 0 aromatic heterocycles. The maximum Gasteiger partial charge on any atom is 0.387 e. The first-order valence-corrected chi connectivity index (χ1v) is 6.58. The number of ether oxygens (including phenoxy) is 1. The lowest BCUT2D eigenvalue weighted by Crippen LogP contribution is -2.38. The topological polar surface area (TPSA) is 58.6 Å². The van der Waals surface area contributed by atoms with Gasteiger partial charge in [0.05, 0.1) is 6.10 Å². The molecular weight excluding hydrogens is 268 g/mol. The summed E-state index contributed by atoms with van der Waals surface area (Å²) in [7, 11) is 0. The van der Waals surface area contributed by atoms with E-state index in [2.05, 4.69) is 10.1 Å². The molecule has 0 heterocycles. The molecule has 2 N–H and O–H groups in total. The van der Waals surface area contributed by atoms with E-state index >= 15 is 0 Å². The van der Waals surface area contributed by atoms with Gasteiger partial charge in [-0.1, -0.05) is 0 Å². The maximum atomic E-state index is 12.0. The van der Waals surface area contributed by atoms with E-state index in [1.54, 1.807) is 0 Å². The number of aliphatic hydroxyl groups is 1. The average molecular weight is 285 g/mol. The van der Waals surface area contributed by atoms with Crippen LogP contribution in [0.2, 0.25) is 0 Å².